The van der Waals surface area contributed by atoms with E-state index in [1.165, 1.54) is 0 Å². The standard InChI is InChI=1S/C14H24N2O4/c1-9(2)13(17)19-10(3)20-14(18)16-11-5-6-12(16)8-15(4)7-11/h9-12H,5-8H2,1-4H3. The summed E-state index contributed by atoms with van der Waals surface area (Å²) in [4.78, 5) is 27.7. The number of rotatable bonds is 3. The van der Waals surface area contributed by atoms with Crippen LogP contribution in [-0.2, 0) is 14.3 Å². The fourth-order valence-corrected chi connectivity index (χ4v) is 2.94. The summed E-state index contributed by atoms with van der Waals surface area (Å²) in [6, 6.07) is 0.443. The van der Waals surface area contributed by atoms with Gasteiger partial charge in [-0.3, -0.25) is 9.69 Å². The van der Waals surface area contributed by atoms with Gasteiger partial charge in [0.15, 0.2) is 0 Å². The smallest absolute Gasteiger partial charge is 0.413 e. The molecule has 0 spiro atoms. The molecule has 114 valence electrons. The number of carbonyl (C=O) groups excluding carboxylic acids is 2. The highest BCUT2D eigenvalue weighted by molar-refractivity contribution is 5.72. The molecule has 2 bridgehead atoms. The molecule has 1 amide bonds. The van der Waals surface area contributed by atoms with Gasteiger partial charge in [0.05, 0.1) is 5.92 Å². The Bertz CT molecular complexity index is 371. The molecule has 6 heteroatoms. The molecule has 0 aromatic carbocycles. The third-order valence-electron chi connectivity index (χ3n) is 3.90. The minimum absolute atomic E-state index is 0.222. The molecule has 0 saturated carbocycles. The Morgan fingerprint density at radius 1 is 1.05 bits per heavy atom. The van der Waals surface area contributed by atoms with Crippen molar-refractivity contribution in [3.63, 3.8) is 0 Å². The summed E-state index contributed by atoms with van der Waals surface area (Å²) >= 11 is 0. The monoisotopic (exact) mass is 284 g/mol. The summed E-state index contributed by atoms with van der Waals surface area (Å²) < 4.78 is 10.3. The molecule has 6 nitrogen and oxygen atoms in total. The Morgan fingerprint density at radius 3 is 2.10 bits per heavy atom. The van der Waals surface area contributed by atoms with E-state index < -0.39 is 6.29 Å². The second-order valence-corrected chi connectivity index (χ2v) is 6.06. The molecule has 3 atom stereocenters. The van der Waals surface area contributed by atoms with Crippen molar-refractivity contribution in [3.8, 4) is 0 Å². The first kappa shape index (κ1) is 15.1. The van der Waals surface area contributed by atoms with Crippen molar-refractivity contribution in [2.75, 3.05) is 20.1 Å². The minimum atomic E-state index is -0.837. The second-order valence-electron chi connectivity index (χ2n) is 6.06. The Balaban J connectivity index is 1.88. The summed E-state index contributed by atoms with van der Waals surface area (Å²) in [7, 11) is 2.07. The van der Waals surface area contributed by atoms with Gasteiger partial charge < -0.3 is 14.4 Å². The zero-order chi connectivity index (χ0) is 14.9. The fraction of sp³-hybridized carbons (Fsp3) is 0.857. The number of ether oxygens (including phenoxy) is 2. The number of amides is 1. The zero-order valence-corrected chi connectivity index (χ0v) is 12.7. The first-order chi connectivity index (χ1) is 9.38. The van der Waals surface area contributed by atoms with Gasteiger partial charge in [0.1, 0.15) is 0 Å². The van der Waals surface area contributed by atoms with E-state index >= 15 is 0 Å². The van der Waals surface area contributed by atoms with Gasteiger partial charge in [0.2, 0.25) is 6.29 Å². The molecule has 0 aromatic rings. The van der Waals surface area contributed by atoms with Crippen molar-refractivity contribution in [2.45, 2.75) is 52.0 Å². The minimum Gasteiger partial charge on any atom is -0.425 e. The first-order valence-electron chi connectivity index (χ1n) is 7.26. The third-order valence-corrected chi connectivity index (χ3v) is 3.90. The average molecular weight is 284 g/mol. The van der Waals surface area contributed by atoms with Crippen LogP contribution in [0.2, 0.25) is 0 Å². The third kappa shape index (κ3) is 3.23. The van der Waals surface area contributed by atoms with Crippen LogP contribution >= 0.6 is 0 Å². The second kappa shape index (κ2) is 5.99. The van der Waals surface area contributed by atoms with Crippen molar-refractivity contribution >= 4 is 12.1 Å². The Kier molecular flexibility index (Phi) is 4.52. The number of piperazine rings is 1. The molecule has 2 rings (SSSR count). The van der Waals surface area contributed by atoms with Crippen LogP contribution in [0.5, 0.6) is 0 Å². The van der Waals surface area contributed by atoms with E-state index in [0.29, 0.717) is 0 Å². The van der Waals surface area contributed by atoms with Crippen molar-refractivity contribution in [1.29, 1.82) is 0 Å². The number of hydrogen-bond acceptors (Lipinski definition) is 5. The van der Waals surface area contributed by atoms with Gasteiger partial charge in [-0.2, -0.15) is 0 Å². The predicted octanol–water partition coefficient (Wildman–Crippen LogP) is 1.45. The lowest BCUT2D eigenvalue weighted by atomic mass is 10.2. The normalized spacial score (nSPS) is 27.6. The Hall–Kier alpha value is -1.30. The van der Waals surface area contributed by atoms with Crippen LogP contribution in [0.15, 0.2) is 0 Å². The van der Waals surface area contributed by atoms with Gasteiger partial charge in [0, 0.05) is 32.1 Å². The van der Waals surface area contributed by atoms with Crippen LogP contribution in [0.1, 0.15) is 33.6 Å². The lowest BCUT2D eigenvalue weighted by Crippen LogP contribution is -2.55. The van der Waals surface area contributed by atoms with Crippen LogP contribution in [0.25, 0.3) is 0 Å². The number of carbonyl (C=O) groups is 2. The van der Waals surface area contributed by atoms with E-state index in [4.69, 9.17) is 9.47 Å². The average Bonchev–Trinajstić information content (AvgIpc) is 2.61. The molecule has 2 fully saturated rings. The molecule has 0 radical (unpaired) electrons. The zero-order valence-electron chi connectivity index (χ0n) is 12.7. The first-order valence-corrected chi connectivity index (χ1v) is 7.26. The molecule has 0 aliphatic carbocycles. The molecule has 0 aromatic heterocycles. The molecule has 3 unspecified atom stereocenters. The van der Waals surface area contributed by atoms with Crippen LogP contribution in [0.4, 0.5) is 4.79 Å². The van der Waals surface area contributed by atoms with Gasteiger partial charge in [-0.1, -0.05) is 13.8 Å². The summed E-state index contributed by atoms with van der Waals surface area (Å²) in [5, 5.41) is 0. The molecule has 2 aliphatic heterocycles. The van der Waals surface area contributed by atoms with E-state index in [2.05, 4.69) is 11.9 Å². The maximum atomic E-state index is 12.2. The highest BCUT2D eigenvalue weighted by Crippen LogP contribution is 2.30. The summed E-state index contributed by atoms with van der Waals surface area (Å²) in [6.45, 7) is 6.84. The van der Waals surface area contributed by atoms with E-state index in [1.54, 1.807) is 20.8 Å². The van der Waals surface area contributed by atoms with E-state index in [9.17, 15) is 9.59 Å². The van der Waals surface area contributed by atoms with Crippen LogP contribution in [0.3, 0.4) is 0 Å². The highest BCUT2D eigenvalue weighted by Gasteiger charge is 2.42. The van der Waals surface area contributed by atoms with Crippen LogP contribution in [0, 0.1) is 5.92 Å². The molecular formula is C14H24N2O4. The van der Waals surface area contributed by atoms with Crippen LogP contribution in [-0.4, -0.2) is 60.4 Å². The topological polar surface area (TPSA) is 59.1 Å². The lowest BCUT2D eigenvalue weighted by Gasteiger charge is -2.38. The number of esters is 1. The maximum Gasteiger partial charge on any atom is 0.413 e. The summed E-state index contributed by atoms with van der Waals surface area (Å²) in [5.74, 6) is -0.581. The van der Waals surface area contributed by atoms with Crippen molar-refractivity contribution < 1.29 is 19.1 Å². The maximum absolute atomic E-state index is 12.2. The van der Waals surface area contributed by atoms with E-state index in [1.807, 2.05) is 4.90 Å². The van der Waals surface area contributed by atoms with E-state index in [-0.39, 0.29) is 30.1 Å². The number of hydrogen-bond donors (Lipinski definition) is 0. The lowest BCUT2D eigenvalue weighted by molar-refractivity contribution is -0.170. The predicted molar refractivity (Wildman–Crippen MR) is 73.0 cm³/mol. The molecule has 2 saturated heterocycles. The van der Waals surface area contributed by atoms with E-state index in [0.717, 1.165) is 25.9 Å². The van der Waals surface area contributed by atoms with Gasteiger partial charge in [-0.25, -0.2) is 4.79 Å². The molecule has 2 aliphatic rings. The SMILES string of the molecule is CC(OC(=O)C(C)C)OC(=O)N1C2CCC1CN(C)C2. The summed E-state index contributed by atoms with van der Waals surface area (Å²) in [6.07, 6.45) is 0.834. The molecular weight excluding hydrogens is 260 g/mol. The fourth-order valence-electron chi connectivity index (χ4n) is 2.94. The molecule has 2 heterocycles. The number of nitrogens with zero attached hydrogens (tertiary/aromatic N) is 2. The number of likely N-dealkylation sites (N-methyl/N-ethyl adjacent to an activating group) is 1. The van der Waals surface area contributed by atoms with Gasteiger partial charge in [-0.05, 0) is 19.9 Å². The Morgan fingerprint density at radius 2 is 1.60 bits per heavy atom. The van der Waals surface area contributed by atoms with Gasteiger partial charge >= 0.3 is 12.1 Å². The highest BCUT2D eigenvalue weighted by atomic mass is 16.7. The van der Waals surface area contributed by atoms with Gasteiger partial charge in [0.25, 0.3) is 0 Å². The quantitative estimate of drug-likeness (QED) is 0.580. The molecule has 20 heavy (non-hydrogen) atoms. The van der Waals surface area contributed by atoms with Crippen molar-refractivity contribution in [1.82, 2.24) is 9.80 Å². The summed E-state index contributed by atoms with van der Waals surface area (Å²) in [5.41, 5.74) is 0. The van der Waals surface area contributed by atoms with Crippen molar-refractivity contribution in [2.24, 2.45) is 5.92 Å². The number of likely N-dealkylation sites (tertiary alicyclic amines) is 1. The van der Waals surface area contributed by atoms with Crippen LogP contribution < -0.4 is 0 Å². The number of fused-ring (bicyclic) bond motifs is 2. The van der Waals surface area contributed by atoms with Gasteiger partial charge in [-0.15, -0.1) is 0 Å². The largest absolute Gasteiger partial charge is 0.425 e. The molecule has 0 N–H and O–H groups in total. The van der Waals surface area contributed by atoms with Crippen molar-refractivity contribution in [3.05, 3.63) is 0 Å². The Labute approximate surface area is 120 Å².